The molecular formula is C12H21N3S. The van der Waals surface area contributed by atoms with Gasteiger partial charge in [-0.1, -0.05) is 6.92 Å². The average Bonchev–Trinajstić information content (AvgIpc) is 3.00. The van der Waals surface area contributed by atoms with Crippen molar-refractivity contribution in [2.75, 3.05) is 24.5 Å². The first-order chi connectivity index (χ1) is 7.83. The summed E-state index contributed by atoms with van der Waals surface area (Å²) in [4.78, 5) is 7.10. The SMILES string of the molecule is CCNCc1csc(N(CC)CC2CC2)n1. The number of aromatic nitrogens is 1. The molecule has 4 heteroatoms. The van der Waals surface area contributed by atoms with Crippen LogP contribution in [0.4, 0.5) is 5.13 Å². The van der Waals surface area contributed by atoms with E-state index in [1.165, 1.54) is 30.2 Å². The first kappa shape index (κ1) is 11.9. The van der Waals surface area contributed by atoms with Gasteiger partial charge in [0.1, 0.15) is 0 Å². The Morgan fingerprint density at radius 2 is 2.31 bits per heavy atom. The summed E-state index contributed by atoms with van der Waals surface area (Å²) in [7, 11) is 0. The molecule has 0 saturated heterocycles. The number of rotatable bonds is 7. The van der Waals surface area contributed by atoms with E-state index in [-0.39, 0.29) is 0 Å². The third-order valence-corrected chi connectivity index (χ3v) is 3.87. The van der Waals surface area contributed by atoms with Crippen molar-refractivity contribution in [3.8, 4) is 0 Å². The molecule has 1 aliphatic rings. The summed E-state index contributed by atoms with van der Waals surface area (Å²) in [6.07, 6.45) is 2.82. The third-order valence-electron chi connectivity index (χ3n) is 2.92. The van der Waals surface area contributed by atoms with Gasteiger partial charge < -0.3 is 10.2 Å². The van der Waals surface area contributed by atoms with Crippen molar-refractivity contribution in [1.82, 2.24) is 10.3 Å². The van der Waals surface area contributed by atoms with Gasteiger partial charge in [0.05, 0.1) is 5.69 Å². The van der Waals surface area contributed by atoms with E-state index in [0.29, 0.717) is 0 Å². The number of nitrogens with one attached hydrogen (secondary N) is 1. The van der Waals surface area contributed by atoms with E-state index in [2.05, 4.69) is 34.4 Å². The second-order valence-corrected chi connectivity index (χ2v) is 5.22. The van der Waals surface area contributed by atoms with Gasteiger partial charge in [0.15, 0.2) is 5.13 Å². The minimum Gasteiger partial charge on any atom is -0.348 e. The zero-order valence-corrected chi connectivity index (χ0v) is 11.0. The first-order valence-corrected chi connectivity index (χ1v) is 7.11. The fraction of sp³-hybridized carbons (Fsp3) is 0.750. The Balaban J connectivity index is 1.92. The molecule has 1 aliphatic carbocycles. The number of hydrogen-bond acceptors (Lipinski definition) is 4. The average molecular weight is 239 g/mol. The van der Waals surface area contributed by atoms with Gasteiger partial charge in [-0.15, -0.1) is 11.3 Å². The lowest BCUT2D eigenvalue weighted by Gasteiger charge is -2.19. The van der Waals surface area contributed by atoms with Crippen LogP contribution in [-0.4, -0.2) is 24.6 Å². The largest absolute Gasteiger partial charge is 0.348 e. The molecular weight excluding hydrogens is 218 g/mol. The Morgan fingerprint density at radius 3 is 2.94 bits per heavy atom. The summed E-state index contributed by atoms with van der Waals surface area (Å²) < 4.78 is 0. The van der Waals surface area contributed by atoms with Crippen LogP contribution in [0.2, 0.25) is 0 Å². The maximum Gasteiger partial charge on any atom is 0.185 e. The number of anilines is 1. The van der Waals surface area contributed by atoms with Crippen LogP contribution in [0.1, 0.15) is 32.4 Å². The van der Waals surface area contributed by atoms with Gasteiger partial charge in [0.25, 0.3) is 0 Å². The molecule has 1 heterocycles. The predicted octanol–water partition coefficient (Wildman–Crippen LogP) is 2.49. The topological polar surface area (TPSA) is 28.2 Å². The van der Waals surface area contributed by atoms with Crippen molar-refractivity contribution < 1.29 is 0 Å². The van der Waals surface area contributed by atoms with Crippen molar-refractivity contribution in [3.63, 3.8) is 0 Å². The highest BCUT2D eigenvalue weighted by atomic mass is 32.1. The van der Waals surface area contributed by atoms with Crippen LogP contribution in [0.5, 0.6) is 0 Å². The molecule has 1 fully saturated rings. The van der Waals surface area contributed by atoms with Crippen molar-refractivity contribution in [2.24, 2.45) is 5.92 Å². The Morgan fingerprint density at radius 1 is 1.50 bits per heavy atom. The van der Waals surface area contributed by atoms with Crippen molar-refractivity contribution in [2.45, 2.75) is 33.2 Å². The molecule has 1 aromatic rings. The molecule has 0 spiro atoms. The summed E-state index contributed by atoms with van der Waals surface area (Å²) >= 11 is 1.78. The van der Waals surface area contributed by atoms with Gasteiger partial charge in [-0.25, -0.2) is 4.98 Å². The second kappa shape index (κ2) is 5.64. The standard InChI is InChI=1S/C12H21N3S/c1-3-13-7-11-9-16-12(14-11)15(4-2)8-10-5-6-10/h9-10,13H,3-8H2,1-2H3. The smallest absolute Gasteiger partial charge is 0.185 e. The van der Waals surface area contributed by atoms with Crippen molar-refractivity contribution >= 4 is 16.5 Å². The number of hydrogen-bond donors (Lipinski definition) is 1. The molecule has 0 aromatic carbocycles. The van der Waals surface area contributed by atoms with Crippen LogP contribution < -0.4 is 10.2 Å². The third kappa shape index (κ3) is 3.19. The Labute approximate surface area is 102 Å². The normalized spacial score (nSPS) is 15.4. The molecule has 0 unspecified atom stereocenters. The van der Waals surface area contributed by atoms with Gasteiger partial charge in [-0.2, -0.15) is 0 Å². The van der Waals surface area contributed by atoms with E-state index >= 15 is 0 Å². The van der Waals surface area contributed by atoms with E-state index in [9.17, 15) is 0 Å². The second-order valence-electron chi connectivity index (χ2n) is 4.38. The molecule has 0 amide bonds. The predicted molar refractivity (Wildman–Crippen MR) is 70.1 cm³/mol. The van der Waals surface area contributed by atoms with E-state index in [1.807, 2.05) is 0 Å². The van der Waals surface area contributed by atoms with E-state index in [1.54, 1.807) is 11.3 Å². The fourth-order valence-electron chi connectivity index (χ4n) is 1.73. The quantitative estimate of drug-likeness (QED) is 0.792. The summed E-state index contributed by atoms with van der Waals surface area (Å²) in [6, 6.07) is 0. The Bertz CT molecular complexity index is 320. The molecule has 90 valence electrons. The van der Waals surface area contributed by atoms with Gasteiger partial charge in [-0.3, -0.25) is 0 Å². The van der Waals surface area contributed by atoms with Crippen LogP contribution in [0, 0.1) is 5.92 Å². The molecule has 1 N–H and O–H groups in total. The zero-order chi connectivity index (χ0) is 11.4. The van der Waals surface area contributed by atoms with Crippen LogP contribution in [0.15, 0.2) is 5.38 Å². The minimum absolute atomic E-state index is 0.897. The van der Waals surface area contributed by atoms with Crippen LogP contribution >= 0.6 is 11.3 Å². The molecule has 3 nitrogen and oxygen atoms in total. The summed E-state index contributed by atoms with van der Waals surface area (Å²) in [6.45, 7) is 8.52. The maximum atomic E-state index is 4.68. The molecule has 0 radical (unpaired) electrons. The molecule has 2 rings (SSSR count). The molecule has 0 atom stereocenters. The summed E-state index contributed by atoms with van der Waals surface area (Å²) in [5.74, 6) is 0.932. The lowest BCUT2D eigenvalue weighted by Crippen LogP contribution is -2.25. The molecule has 0 bridgehead atoms. The van der Waals surface area contributed by atoms with Crippen molar-refractivity contribution in [3.05, 3.63) is 11.1 Å². The monoisotopic (exact) mass is 239 g/mol. The van der Waals surface area contributed by atoms with Gasteiger partial charge >= 0.3 is 0 Å². The number of nitrogens with zero attached hydrogens (tertiary/aromatic N) is 2. The van der Waals surface area contributed by atoms with Gasteiger partial charge in [-0.05, 0) is 32.2 Å². The van der Waals surface area contributed by atoms with Gasteiger partial charge in [0, 0.05) is 25.0 Å². The van der Waals surface area contributed by atoms with Crippen LogP contribution in [0.25, 0.3) is 0 Å². The highest BCUT2D eigenvalue weighted by Crippen LogP contribution is 2.32. The Kier molecular flexibility index (Phi) is 4.18. The van der Waals surface area contributed by atoms with Crippen molar-refractivity contribution in [1.29, 1.82) is 0 Å². The maximum absolute atomic E-state index is 4.68. The van der Waals surface area contributed by atoms with E-state index < -0.39 is 0 Å². The van der Waals surface area contributed by atoms with Gasteiger partial charge in [0.2, 0.25) is 0 Å². The molecule has 0 aliphatic heterocycles. The molecule has 1 saturated carbocycles. The summed E-state index contributed by atoms with van der Waals surface area (Å²) in [5.41, 5.74) is 1.18. The molecule has 1 aromatic heterocycles. The summed E-state index contributed by atoms with van der Waals surface area (Å²) in [5, 5.41) is 6.68. The van der Waals surface area contributed by atoms with Crippen LogP contribution in [0.3, 0.4) is 0 Å². The zero-order valence-electron chi connectivity index (χ0n) is 10.2. The highest BCUT2D eigenvalue weighted by molar-refractivity contribution is 7.13. The fourth-order valence-corrected chi connectivity index (χ4v) is 2.63. The lowest BCUT2D eigenvalue weighted by molar-refractivity contribution is 0.706. The Hall–Kier alpha value is -0.610. The minimum atomic E-state index is 0.897. The first-order valence-electron chi connectivity index (χ1n) is 6.23. The lowest BCUT2D eigenvalue weighted by atomic mass is 10.4. The number of thiazole rings is 1. The molecule has 16 heavy (non-hydrogen) atoms. The highest BCUT2D eigenvalue weighted by Gasteiger charge is 2.24. The van der Waals surface area contributed by atoms with E-state index in [0.717, 1.165) is 25.6 Å². The van der Waals surface area contributed by atoms with Crippen LogP contribution in [-0.2, 0) is 6.54 Å². The van der Waals surface area contributed by atoms with E-state index in [4.69, 9.17) is 0 Å².